The molecule has 0 saturated carbocycles. The number of carbonyl (C=O) groups excluding carboxylic acids is 1. The van der Waals surface area contributed by atoms with Gasteiger partial charge >= 0.3 is 0 Å². The van der Waals surface area contributed by atoms with E-state index in [1.807, 2.05) is 59.5 Å². The summed E-state index contributed by atoms with van der Waals surface area (Å²) >= 11 is 0. The first-order chi connectivity index (χ1) is 16.1. The van der Waals surface area contributed by atoms with Crippen LogP contribution in [0, 0.1) is 0 Å². The van der Waals surface area contributed by atoms with Crippen molar-refractivity contribution >= 4 is 17.7 Å². The monoisotopic (exact) mass is 449 g/mol. The molecule has 0 atom stereocenters. The van der Waals surface area contributed by atoms with Gasteiger partial charge in [-0.3, -0.25) is 4.79 Å². The van der Waals surface area contributed by atoms with Crippen molar-refractivity contribution in [1.29, 1.82) is 0 Å². The van der Waals surface area contributed by atoms with E-state index >= 15 is 0 Å². The average Bonchev–Trinajstić information content (AvgIpc) is 2.86. The van der Waals surface area contributed by atoms with Crippen molar-refractivity contribution in [2.24, 2.45) is 5.16 Å². The zero-order valence-corrected chi connectivity index (χ0v) is 19.4. The molecule has 0 spiro atoms. The van der Waals surface area contributed by atoms with Crippen molar-refractivity contribution in [3.63, 3.8) is 0 Å². The molecule has 1 aliphatic heterocycles. The number of likely N-dealkylation sites (N-methyl/N-ethyl adjacent to an activating group) is 1. The van der Waals surface area contributed by atoms with Crippen LogP contribution >= 0.6 is 0 Å². The van der Waals surface area contributed by atoms with Gasteiger partial charge < -0.3 is 24.1 Å². The number of rotatable bonds is 9. The summed E-state index contributed by atoms with van der Waals surface area (Å²) in [4.78, 5) is 22.2. The number of oxime groups is 1. The van der Waals surface area contributed by atoms with E-state index in [9.17, 15) is 4.79 Å². The molecule has 1 saturated heterocycles. The highest BCUT2D eigenvalue weighted by molar-refractivity contribution is 6.09. The number of carbonyl (C=O) groups is 1. The topological polar surface area (TPSA) is 63.6 Å². The first kappa shape index (κ1) is 24.1. The Labute approximate surface area is 195 Å². The summed E-state index contributed by atoms with van der Waals surface area (Å²) in [5.41, 5.74) is 2.45. The van der Waals surface area contributed by atoms with Crippen LogP contribution in [0.5, 0.6) is 11.5 Å². The molecule has 33 heavy (non-hydrogen) atoms. The number of ether oxygens (including phenoxy) is 2. The van der Waals surface area contributed by atoms with Crippen LogP contribution in [0.3, 0.4) is 0 Å². The van der Waals surface area contributed by atoms with Crippen LogP contribution < -0.4 is 9.47 Å². The Morgan fingerprint density at radius 3 is 2.36 bits per heavy atom. The molecule has 0 radical (unpaired) electrons. The Hall–Kier alpha value is -3.58. The van der Waals surface area contributed by atoms with Crippen LogP contribution in [0.15, 0.2) is 71.9 Å². The molecule has 0 N–H and O–H groups in total. The third kappa shape index (κ3) is 7.50. The molecule has 174 valence electrons. The lowest BCUT2D eigenvalue weighted by Crippen LogP contribution is -2.46. The van der Waals surface area contributed by atoms with Gasteiger partial charge in [-0.05, 0) is 42.5 Å². The standard InChI is InChI=1S/C26H31N3O4/c1-28-15-17-29(18-16-28)26(30)14-12-23(27-33-20-22-7-5-4-6-8-22)11-9-21-10-13-24(31-2)25(19-21)32-3/h4-14,19H,15-18,20H2,1-3H3/b11-9+,14-12+,27-23+. The van der Waals surface area contributed by atoms with Gasteiger partial charge in [-0.2, -0.15) is 0 Å². The number of nitrogens with zero attached hydrogens (tertiary/aromatic N) is 3. The number of benzene rings is 2. The largest absolute Gasteiger partial charge is 0.493 e. The second-order valence-electron chi connectivity index (χ2n) is 7.68. The summed E-state index contributed by atoms with van der Waals surface area (Å²) in [6.45, 7) is 3.53. The third-order valence-electron chi connectivity index (χ3n) is 5.31. The molecule has 0 unspecified atom stereocenters. The molecule has 0 bridgehead atoms. The number of hydrogen-bond acceptors (Lipinski definition) is 6. The molecule has 1 aliphatic rings. The number of methoxy groups -OCH3 is 2. The SMILES string of the molecule is COc1ccc(/C=C/C(/C=C/C(=O)N2CCN(C)CC2)=N\OCc2ccccc2)cc1OC. The van der Waals surface area contributed by atoms with E-state index in [4.69, 9.17) is 14.3 Å². The van der Waals surface area contributed by atoms with Gasteiger partial charge in [0.2, 0.25) is 5.91 Å². The Morgan fingerprint density at radius 1 is 0.939 bits per heavy atom. The van der Waals surface area contributed by atoms with E-state index < -0.39 is 0 Å². The molecular weight excluding hydrogens is 418 g/mol. The average molecular weight is 450 g/mol. The van der Waals surface area contributed by atoms with Gasteiger partial charge in [0.05, 0.1) is 14.2 Å². The van der Waals surface area contributed by atoms with Gasteiger partial charge in [0.15, 0.2) is 11.5 Å². The quantitative estimate of drug-likeness (QED) is 0.332. The lowest BCUT2D eigenvalue weighted by molar-refractivity contribution is -0.127. The lowest BCUT2D eigenvalue weighted by Gasteiger charge is -2.31. The smallest absolute Gasteiger partial charge is 0.246 e. The zero-order chi connectivity index (χ0) is 23.5. The summed E-state index contributed by atoms with van der Waals surface area (Å²) in [6.07, 6.45) is 6.93. The highest BCUT2D eigenvalue weighted by Crippen LogP contribution is 2.28. The van der Waals surface area contributed by atoms with Gasteiger partial charge in [-0.1, -0.05) is 47.6 Å². The minimum atomic E-state index is -0.0293. The summed E-state index contributed by atoms with van der Waals surface area (Å²) in [5.74, 6) is 1.27. The molecule has 1 amide bonds. The first-order valence-corrected chi connectivity index (χ1v) is 10.9. The van der Waals surface area contributed by atoms with Crippen LogP contribution in [0.25, 0.3) is 6.08 Å². The van der Waals surface area contributed by atoms with E-state index in [1.165, 1.54) is 0 Å². The maximum Gasteiger partial charge on any atom is 0.246 e. The van der Waals surface area contributed by atoms with Gasteiger partial charge in [0.25, 0.3) is 0 Å². The van der Waals surface area contributed by atoms with Crippen molar-refractivity contribution < 1.29 is 19.1 Å². The van der Waals surface area contributed by atoms with Crippen LogP contribution in [0.1, 0.15) is 11.1 Å². The molecule has 7 nitrogen and oxygen atoms in total. The molecule has 7 heteroatoms. The number of piperazine rings is 1. The van der Waals surface area contributed by atoms with Crippen LogP contribution in [-0.4, -0.2) is 68.9 Å². The fraction of sp³-hybridized carbons (Fsp3) is 0.308. The molecule has 1 fully saturated rings. The van der Waals surface area contributed by atoms with Crippen molar-refractivity contribution in [3.05, 3.63) is 77.9 Å². The van der Waals surface area contributed by atoms with Gasteiger partial charge in [0.1, 0.15) is 12.3 Å². The Morgan fingerprint density at radius 2 is 1.67 bits per heavy atom. The summed E-state index contributed by atoms with van der Waals surface area (Å²) in [7, 11) is 5.26. The first-order valence-electron chi connectivity index (χ1n) is 10.9. The Balaban J connectivity index is 1.73. The summed E-state index contributed by atoms with van der Waals surface area (Å²) in [5, 5.41) is 4.25. The summed E-state index contributed by atoms with van der Waals surface area (Å²) in [6, 6.07) is 15.4. The van der Waals surface area contributed by atoms with E-state index in [1.54, 1.807) is 32.4 Å². The molecule has 0 aliphatic carbocycles. The molecule has 3 rings (SSSR count). The van der Waals surface area contributed by atoms with Crippen molar-refractivity contribution in [2.45, 2.75) is 6.61 Å². The van der Waals surface area contributed by atoms with E-state index in [0.717, 1.165) is 37.3 Å². The van der Waals surface area contributed by atoms with E-state index in [-0.39, 0.29) is 5.91 Å². The van der Waals surface area contributed by atoms with Crippen LogP contribution in [0.2, 0.25) is 0 Å². The molecule has 0 aromatic heterocycles. The normalized spacial score (nSPS) is 15.2. The fourth-order valence-corrected chi connectivity index (χ4v) is 3.30. The molecule has 2 aromatic rings. The highest BCUT2D eigenvalue weighted by Gasteiger charge is 2.16. The lowest BCUT2D eigenvalue weighted by atomic mass is 10.1. The fourth-order valence-electron chi connectivity index (χ4n) is 3.30. The predicted octanol–water partition coefficient (Wildman–Crippen LogP) is 3.62. The van der Waals surface area contributed by atoms with Crippen molar-refractivity contribution in [2.75, 3.05) is 47.4 Å². The molecular formula is C26H31N3O4. The molecule has 2 aromatic carbocycles. The minimum absolute atomic E-state index is 0.0293. The van der Waals surface area contributed by atoms with Gasteiger partial charge in [-0.25, -0.2) is 0 Å². The highest BCUT2D eigenvalue weighted by atomic mass is 16.6. The van der Waals surface area contributed by atoms with E-state index in [0.29, 0.717) is 23.8 Å². The second kappa shape index (κ2) is 12.5. The Bertz CT molecular complexity index is 994. The minimum Gasteiger partial charge on any atom is -0.493 e. The van der Waals surface area contributed by atoms with Gasteiger partial charge in [-0.15, -0.1) is 0 Å². The maximum absolute atomic E-state index is 12.6. The number of hydrogen-bond donors (Lipinski definition) is 0. The maximum atomic E-state index is 12.6. The number of amides is 1. The third-order valence-corrected chi connectivity index (χ3v) is 5.31. The van der Waals surface area contributed by atoms with E-state index in [2.05, 4.69) is 17.1 Å². The molecule has 1 heterocycles. The van der Waals surface area contributed by atoms with Crippen molar-refractivity contribution in [3.8, 4) is 11.5 Å². The summed E-state index contributed by atoms with van der Waals surface area (Å²) < 4.78 is 10.7. The van der Waals surface area contributed by atoms with Gasteiger partial charge in [0, 0.05) is 32.3 Å². The van der Waals surface area contributed by atoms with Crippen molar-refractivity contribution in [1.82, 2.24) is 9.80 Å². The van der Waals surface area contributed by atoms with Crippen LogP contribution in [-0.2, 0) is 16.2 Å². The second-order valence-corrected chi connectivity index (χ2v) is 7.68. The zero-order valence-electron chi connectivity index (χ0n) is 19.4. The number of allylic oxidation sites excluding steroid dienone is 2. The Kier molecular flexibility index (Phi) is 9.08. The predicted molar refractivity (Wildman–Crippen MR) is 130 cm³/mol. The van der Waals surface area contributed by atoms with Crippen LogP contribution in [0.4, 0.5) is 0 Å².